The Morgan fingerprint density at radius 1 is 1.25 bits per heavy atom. The van der Waals surface area contributed by atoms with E-state index >= 15 is 0 Å². The van der Waals surface area contributed by atoms with Gasteiger partial charge < -0.3 is 14.6 Å². The summed E-state index contributed by atoms with van der Waals surface area (Å²) in [4.78, 5) is 0. The van der Waals surface area contributed by atoms with Crippen molar-refractivity contribution in [1.82, 2.24) is 0 Å². The fourth-order valence-electron chi connectivity index (χ4n) is 2.70. The average molecular weight is 278 g/mol. The summed E-state index contributed by atoms with van der Waals surface area (Å²) >= 11 is 0. The van der Waals surface area contributed by atoms with Gasteiger partial charge in [-0.15, -0.1) is 0 Å². The molecule has 3 unspecified atom stereocenters. The number of hydrogen-bond acceptors (Lipinski definition) is 3. The smallest absolute Gasteiger partial charge is 0.161 e. The monoisotopic (exact) mass is 278 g/mol. The quantitative estimate of drug-likeness (QED) is 0.824. The molecule has 1 aromatic carbocycles. The average Bonchev–Trinajstić information content (AvgIpc) is 2.50. The molecule has 3 atom stereocenters. The van der Waals surface area contributed by atoms with Crippen LogP contribution < -0.4 is 9.47 Å². The van der Waals surface area contributed by atoms with E-state index < -0.39 is 6.10 Å². The van der Waals surface area contributed by atoms with Crippen LogP contribution in [0.2, 0.25) is 0 Å². The van der Waals surface area contributed by atoms with Crippen LogP contribution in [0, 0.1) is 5.92 Å². The Morgan fingerprint density at radius 2 is 2.00 bits per heavy atom. The molecule has 0 bridgehead atoms. The highest BCUT2D eigenvalue weighted by molar-refractivity contribution is 5.40. The molecule has 0 saturated heterocycles. The summed E-state index contributed by atoms with van der Waals surface area (Å²) in [7, 11) is 0. The lowest BCUT2D eigenvalue weighted by molar-refractivity contribution is -0.0215. The van der Waals surface area contributed by atoms with Crippen molar-refractivity contribution in [1.29, 1.82) is 0 Å². The zero-order valence-corrected chi connectivity index (χ0v) is 12.5. The van der Waals surface area contributed by atoms with Crippen molar-refractivity contribution in [3.63, 3.8) is 0 Å². The van der Waals surface area contributed by atoms with E-state index in [0.717, 1.165) is 24.3 Å². The lowest BCUT2D eigenvalue weighted by Gasteiger charge is -2.31. The van der Waals surface area contributed by atoms with E-state index in [1.807, 2.05) is 24.3 Å². The van der Waals surface area contributed by atoms with Crippen molar-refractivity contribution >= 4 is 0 Å². The minimum Gasteiger partial charge on any atom is -0.486 e. The van der Waals surface area contributed by atoms with Crippen LogP contribution in [-0.2, 0) is 0 Å². The molecule has 0 aromatic heterocycles. The molecular weight excluding hydrogens is 252 g/mol. The van der Waals surface area contributed by atoms with E-state index in [0.29, 0.717) is 12.5 Å². The number of para-hydroxylation sites is 2. The topological polar surface area (TPSA) is 38.7 Å². The van der Waals surface area contributed by atoms with E-state index in [4.69, 9.17) is 9.47 Å². The Kier molecular flexibility index (Phi) is 5.72. The van der Waals surface area contributed by atoms with Crippen molar-refractivity contribution in [2.45, 2.75) is 58.2 Å². The van der Waals surface area contributed by atoms with E-state index in [1.165, 1.54) is 19.3 Å². The van der Waals surface area contributed by atoms with Gasteiger partial charge in [0, 0.05) is 0 Å². The summed E-state index contributed by atoms with van der Waals surface area (Å²) in [6.07, 6.45) is 4.84. The number of hydrogen-bond donors (Lipinski definition) is 1. The number of unbranched alkanes of at least 4 members (excludes halogenated alkanes) is 1. The first kappa shape index (κ1) is 15.2. The van der Waals surface area contributed by atoms with E-state index in [-0.39, 0.29) is 6.10 Å². The molecule has 3 nitrogen and oxygen atoms in total. The summed E-state index contributed by atoms with van der Waals surface area (Å²) in [5.41, 5.74) is 0. The standard InChI is InChI=1S/C17H26O3/c1-3-5-8-13(4-2)11-14(18)17-12-19-15-9-6-7-10-16(15)20-17/h6-7,9-10,13-14,17-18H,3-5,8,11-12H2,1-2H3. The maximum atomic E-state index is 10.4. The van der Waals surface area contributed by atoms with Gasteiger partial charge >= 0.3 is 0 Å². The van der Waals surface area contributed by atoms with Gasteiger partial charge in [0.05, 0.1) is 6.10 Å². The minimum absolute atomic E-state index is 0.249. The van der Waals surface area contributed by atoms with Gasteiger partial charge in [0.1, 0.15) is 6.61 Å². The van der Waals surface area contributed by atoms with Gasteiger partial charge in [-0.2, -0.15) is 0 Å². The summed E-state index contributed by atoms with van der Waals surface area (Å²) in [5, 5.41) is 10.4. The largest absolute Gasteiger partial charge is 0.486 e. The first-order valence-electron chi connectivity index (χ1n) is 7.81. The molecule has 20 heavy (non-hydrogen) atoms. The van der Waals surface area contributed by atoms with Crippen molar-refractivity contribution in [3.05, 3.63) is 24.3 Å². The van der Waals surface area contributed by atoms with Crippen LogP contribution in [0.3, 0.4) is 0 Å². The van der Waals surface area contributed by atoms with Crippen molar-refractivity contribution in [3.8, 4) is 11.5 Å². The van der Waals surface area contributed by atoms with Gasteiger partial charge in [0.2, 0.25) is 0 Å². The molecule has 1 aromatic rings. The lowest BCUT2D eigenvalue weighted by atomic mass is 9.91. The molecule has 112 valence electrons. The first-order chi connectivity index (χ1) is 9.74. The molecule has 3 heteroatoms. The van der Waals surface area contributed by atoms with Crippen LogP contribution in [0.4, 0.5) is 0 Å². The molecular formula is C17H26O3. The van der Waals surface area contributed by atoms with Gasteiger partial charge in [-0.25, -0.2) is 0 Å². The van der Waals surface area contributed by atoms with E-state index in [1.54, 1.807) is 0 Å². The molecule has 0 aliphatic carbocycles. The van der Waals surface area contributed by atoms with Gasteiger partial charge in [0.15, 0.2) is 17.6 Å². The fraction of sp³-hybridized carbons (Fsp3) is 0.647. The maximum absolute atomic E-state index is 10.4. The molecule has 1 aliphatic rings. The number of aliphatic hydroxyl groups is 1. The number of aliphatic hydroxyl groups excluding tert-OH is 1. The summed E-state index contributed by atoms with van der Waals surface area (Å²) in [6, 6.07) is 7.64. The maximum Gasteiger partial charge on any atom is 0.161 e. The molecule has 0 fully saturated rings. The predicted molar refractivity (Wildman–Crippen MR) is 80.3 cm³/mol. The molecule has 0 saturated carbocycles. The van der Waals surface area contributed by atoms with Gasteiger partial charge in [-0.3, -0.25) is 0 Å². The molecule has 2 rings (SSSR count). The van der Waals surface area contributed by atoms with Crippen LogP contribution in [0.5, 0.6) is 11.5 Å². The Labute approximate surface area is 121 Å². The number of rotatable bonds is 7. The number of fused-ring (bicyclic) bond motifs is 1. The molecule has 1 N–H and O–H groups in total. The second-order valence-corrected chi connectivity index (χ2v) is 5.63. The zero-order valence-electron chi connectivity index (χ0n) is 12.5. The minimum atomic E-state index is -0.454. The Morgan fingerprint density at radius 3 is 2.70 bits per heavy atom. The number of benzene rings is 1. The zero-order chi connectivity index (χ0) is 14.4. The summed E-state index contributed by atoms with van der Waals surface area (Å²) < 4.78 is 11.5. The summed E-state index contributed by atoms with van der Waals surface area (Å²) in [5.74, 6) is 2.09. The molecule has 1 aliphatic heterocycles. The van der Waals surface area contributed by atoms with Crippen molar-refractivity contribution < 1.29 is 14.6 Å². The van der Waals surface area contributed by atoms with Crippen molar-refractivity contribution in [2.24, 2.45) is 5.92 Å². The first-order valence-corrected chi connectivity index (χ1v) is 7.81. The SMILES string of the molecule is CCCCC(CC)CC(O)C1COc2ccccc2O1. The normalized spacial score (nSPS) is 20.4. The van der Waals surface area contributed by atoms with Crippen LogP contribution >= 0.6 is 0 Å². The third-order valence-corrected chi connectivity index (χ3v) is 4.08. The fourth-order valence-corrected chi connectivity index (χ4v) is 2.70. The van der Waals surface area contributed by atoms with Crippen LogP contribution in [-0.4, -0.2) is 23.9 Å². The van der Waals surface area contributed by atoms with Crippen LogP contribution in [0.25, 0.3) is 0 Å². The lowest BCUT2D eigenvalue weighted by Crippen LogP contribution is -2.40. The van der Waals surface area contributed by atoms with Crippen molar-refractivity contribution in [2.75, 3.05) is 6.61 Å². The second-order valence-electron chi connectivity index (χ2n) is 5.63. The highest BCUT2D eigenvalue weighted by Gasteiger charge is 2.28. The molecule has 0 spiro atoms. The van der Waals surface area contributed by atoms with Crippen LogP contribution in [0.15, 0.2) is 24.3 Å². The van der Waals surface area contributed by atoms with Gasteiger partial charge in [0.25, 0.3) is 0 Å². The number of ether oxygens (including phenoxy) is 2. The Bertz CT molecular complexity index is 405. The second kappa shape index (κ2) is 7.53. The van der Waals surface area contributed by atoms with E-state index in [2.05, 4.69) is 13.8 Å². The highest BCUT2D eigenvalue weighted by Crippen LogP contribution is 2.32. The molecule has 0 amide bonds. The third-order valence-electron chi connectivity index (χ3n) is 4.08. The van der Waals surface area contributed by atoms with Gasteiger partial charge in [-0.05, 0) is 24.5 Å². The van der Waals surface area contributed by atoms with E-state index in [9.17, 15) is 5.11 Å². The third kappa shape index (κ3) is 3.89. The highest BCUT2D eigenvalue weighted by atomic mass is 16.6. The Hall–Kier alpha value is -1.22. The summed E-state index contributed by atoms with van der Waals surface area (Å²) in [6.45, 7) is 4.83. The molecule has 1 heterocycles. The van der Waals surface area contributed by atoms with Crippen LogP contribution in [0.1, 0.15) is 46.0 Å². The molecule has 0 radical (unpaired) electrons. The Balaban J connectivity index is 1.89. The van der Waals surface area contributed by atoms with Gasteiger partial charge in [-0.1, -0.05) is 51.7 Å². The predicted octanol–water partition coefficient (Wildman–Crippen LogP) is 3.79.